The lowest BCUT2D eigenvalue weighted by Gasteiger charge is -1.94. The molecule has 10 heavy (non-hydrogen) atoms. The van der Waals surface area contributed by atoms with Crippen LogP contribution in [0.4, 0.5) is 0 Å². The van der Waals surface area contributed by atoms with Gasteiger partial charge in [-0.3, -0.25) is 0 Å². The highest BCUT2D eigenvalue weighted by atomic mass is 35.5. The highest BCUT2D eigenvalue weighted by molar-refractivity contribution is 7.09. The Morgan fingerprint density at radius 2 is 2.20 bits per heavy atom. The first kappa shape index (κ1) is 12.8. The molecular weight excluding hydrogens is 191 g/mol. The zero-order chi connectivity index (χ0) is 5.98. The van der Waals surface area contributed by atoms with Gasteiger partial charge >= 0.3 is 0 Å². The second-order valence-corrected chi connectivity index (χ2v) is 2.59. The Morgan fingerprint density at radius 1 is 1.60 bits per heavy atom. The maximum absolute atomic E-state index is 5.51. The SMILES string of the molecule is C[C@H](N)c1nccs1.Cl.Cl. The van der Waals surface area contributed by atoms with Crippen molar-refractivity contribution >= 4 is 36.2 Å². The third-order valence-electron chi connectivity index (χ3n) is 0.841. The van der Waals surface area contributed by atoms with Crippen LogP contribution in [-0.4, -0.2) is 4.98 Å². The summed E-state index contributed by atoms with van der Waals surface area (Å²) in [5.41, 5.74) is 5.51. The Kier molecular flexibility index (Phi) is 7.58. The van der Waals surface area contributed by atoms with Crippen LogP contribution in [0.5, 0.6) is 0 Å². The number of thiazole rings is 1. The quantitative estimate of drug-likeness (QED) is 0.754. The average Bonchev–Trinajstić information content (AvgIpc) is 2.12. The summed E-state index contributed by atoms with van der Waals surface area (Å²) >= 11 is 1.59. The Hall–Kier alpha value is 0.170. The molecule has 0 aromatic carbocycles. The first-order valence-electron chi connectivity index (χ1n) is 2.45. The Bertz CT molecular complexity index is 153. The molecule has 5 heteroatoms. The molecule has 2 nitrogen and oxygen atoms in total. The number of halogens is 2. The lowest BCUT2D eigenvalue weighted by Crippen LogP contribution is -2.03. The zero-order valence-corrected chi connectivity index (χ0v) is 7.93. The molecule has 0 fully saturated rings. The van der Waals surface area contributed by atoms with Gasteiger partial charge in [-0.1, -0.05) is 0 Å². The fraction of sp³-hybridized carbons (Fsp3) is 0.400. The highest BCUT2D eigenvalue weighted by Gasteiger charge is 1.98. The van der Waals surface area contributed by atoms with E-state index >= 15 is 0 Å². The van der Waals surface area contributed by atoms with Crippen molar-refractivity contribution < 1.29 is 0 Å². The van der Waals surface area contributed by atoms with Crippen molar-refractivity contribution in [2.75, 3.05) is 0 Å². The zero-order valence-electron chi connectivity index (χ0n) is 5.48. The third kappa shape index (κ3) is 3.37. The van der Waals surface area contributed by atoms with Gasteiger partial charge in [0, 0.05) is 11.6 Å². The second kappa shape index (κ2) is 5.92. The van der Waals surface area contributed by atoms with Crippen molar-refractivity contribution in [3.05, 3.63) is 16.6 Å². The van der Waals surface area contributed by atoms with Gasteiger partial charge in [-0.15, -0.1) is 36.2 Å². The summed E-state index contributed by atoms with van der Waals surface area (Å²) in [5.74, 6) is 0. The Morgan fingerprint density at radius 3 is 2.40 bits per heavy atom. The molecule has 0 saturated carbocycles. The van der Waals surface area contributed by atoms with Crippen molar-refractivity contribution in [3.63, 3.8) is 0 Å². The van der Waals surface area contributed by atoms with E-state index in [4.69, 9.17) is 5.73 Å². The largest absolute Gasteiger partial charge is 0.322 e. The molecule has 1 atom stereocenters. The molecule has 0 unspecified atom stereocenters. The second-order valence-electron chi connectivity index (χ2n) is 1.66. The van der Waals surface area contributed by atoms with E-state index in [-0.39, 0.29) is 30.9 Å². The minimum atomic E-state index is 0. The van der Waals surface area contributed by atoms with Crippen LogP contribution in [0.25, 0.3) is 0 Å². The summed E-state index contributed by atoms with van der Waals surface area (Å²) in [6.45, 7) is 1.93. The van der Waals surface area contributed by atoms with E-state index in [1.807, 2.05) is 12.3 Å². The topological polar surface area (TPSA) is 38.9 Å². The minimum Gasteiger partial charge on any atom is -0.322 e. The number of nitrogens with two attached hydrogens (primary N) is 1. The van der Waals surface area contributed by atoms with Crippen molar-refractivity contribution in [2.45, 2.75) is 13.0 Å². The maximum Gasteiger partial charge on any atom is 0.109 e. The highest BCUT2D eigenvalue weighted by Crippen LogP contribution is 2.10. The van der Waals surface area contributed by atoms with Crippen molar-refractivity contribution in [1.29, 1.82) is 0 Å². The van der Waals surface area contributed by atoms with Gasteiger partial charge in [0.1, 0.15) is 5.01 Å². The molecule has 1 aromatic heterocycles. The number of aromatic nitrogens is 1. The van der Waals surface area contributed by atoms with Crippen LogP contribution in [0, 0.1) is 0 Å². The fourth-order valence-electron chi connectivity index (χ4n) is 0.459. The number of rotatable bonds is 1. The van der Waals surface area contributed by atoms with Crippen LogP contribution in [0.1, 0.15) is 18.0 Å². The molecule has 0 spiro atoms. The monoisotopic (exact) mass is 200 g/mol. The summed E-state index contributed by atoms with van der Waals surface area (Å²) in [5, 5.41) is 2.93. The predicted octanol–water partition coefficient (Wildman–Crippen LogP) is 2.01. The van der Waals surface area contributed by atoms with Gasteiger partial charge in [-0.05, 0) is 6.92 Å². The van der Waals surface area contributed by atoms with E-state index in [1.54, 1.807) is 17.5 Å². The molecule has 1 rings (SSSR count). The van der Waals surface area contributed by atoms with Crippen molar-refractivity contribution in [1.82, 2.24) is 4.98 Å². The molecule has 0 radical (unpaired) electrons. The van der Waals surface area contributed by atoms with Gasteiger partial charge in [0.25, 0.3) is 0 Å². The lowest BCUT2D eigenvalue weighted by atomic mass is 10.4. The molecular formula is C5H10Cl2N2S. The smallest absolute Gasteiger partial charge is 0.109 e. The molecule has 0 aliphatic heterocycles. The third-order valence-corrected chi connectivity index (χ3v) is 1.82. The number of hydrogen-bond acceptors (Lipinski definition) is 3. The van der Waals surface area contributed by atoms with Gasteiger partial charge in [0.05, 0.1) is 6.04 Å². The molecule has 1 heterocycles. The Labute approximate surface area is 76.7 Å². The molecule has 60 valence electrons. The maximum atomic E-state index is 5.51. The van der Waals surface area contributed by atoms with Gasteiger partial charge in [-0.2, -0.15) is 0 Å². The summed E-state index contributed by atoms with van der Waals surface area (Å²) in [7, 11) is 0. The van der Waals surface area contributed by atoms with Gasteiger partial charge in [-0.25, -0.2) is 4.98 Å². The predicted molar refractivity (Wildman–Crippen MR) is 49.2 cm³/mol. The van der Waals surface area contributed by atoms with Crippen LogP contribution in [0.2, 0.25) is 0 Å². The van der Waals surface area contributed by atoms with Gasteiger partial charge < -0.3 is 5.73 Å². The molecule has 1 aromatic rings. The van der Waals surface area contributed by atoms with Crippen molar-refractivity contribution in [2.24, 2.45) is 5.73 Å². The van der Waals surface area contributed by atoms with E-state index in [9.17, 15) is 0 Å². The van der Waals surface area contributed by atoms with E-state index < -0.39 is 0 Å². The van der Waals surface area contributed by atoms with Crippen LogP contribution in [0.15, 0.2) is 11.6 Å². The molecule has 0 aliphatic carbocycles. The van der Waals surface area contributed by atoms with E-state index in [0.717, 1.165) is 5.01 Å². The van der Waals surface area contributed by atoms with Crippen LogP contribution in [0.3, 0.4) is 0 Å². The molecule has 0 bridgehead atoms. The molecule has 0 amide bonds. The molecule has 2 N–H and O–H groups in total. The van der Waals surface area contributed by atoms with E-state index in [2.05, 4.69) is 4.98 Å². The summed E-state index contributed by atoms with van der Waals surface area (Å²) in [6.07, 6.45) is 1.77. The summed E-state index contributed by atoms with van der Waals surface area (Å²) in [6, 6.07) is 0.0926. The van der Waals surface area contributed by atoms with E-state index in [1.165, 1.54) is 0 Å². The summed E-state index contributed by atoms with van der Waals surface area (Å²) in [4.78, 5) is 4.01. The average molecular weight is 201 g/mol. The van der Waals surface area contributed by atoms with Gasteiger partial charge in [0.15, 0.2) is 0 Å². The standard InChI is InChI=1S/C5H8N2S.2ClH/c1-4(6)5-7-2-3-8-5;;/h2-4H,6H2,1H3;2*1H/t4-;;/m0../s1. The number of nitrogens with zero attached hydrogens (tertiary/aromatic N) is 1. The minimum absolute atomic E-state index is 0. The van der Waals surface area contributed by atoms with Crippen LogP contribution < -0.4 is 5.73 Å². The lowest BCUT2D eigenvalue weighted by molar-refractivity contribution is 0.807. The first-order valence-corrected chi connectivity index (χ1v) is 3.33. The molecule has 0 saturated heterocycles. The van der Waals surface area contributed by atoms with Gasteiger partial charge in [0.2, 0.25) is 0 Å². The van der Waals surface area contributed by atoms with E-state index in [0.29, 0.717) is 0 Å². The van der Waals surface area contributed by atoms with Crippen molar-refractivity contribution in [3.8, 4) is 0 Å². The number of hydrogen-bond donors (Lipinski definition) is 1. The van der Waals surface area contributed by atoms with Crippen LogP contribution in [-0.2, 0) is 0 Å². The van der Waals surface area contributed by atoms with Crippen LogP contribution >= 0.6 is 36.2 Å². The Balaban J connectivity index is 0. The normalized spacial score (nSPS) is 11.0. The fourth-order valence-corrected chi connectivity index (χ4v) is 1.06. The molecule has 0 aliphatic rings. The summed E-state index contributed by atoms with van der Waals surface area (Å²) < 4.78 is 0. The first-order chi connectivity index (χ1) is 3.80.